The lowest BCUT2D eigenvalue weighted by Gasteiger charge is -2.27. The Labute approximate surface area is 115 Å². The average Bonchev–Trinajstić information content (AvgIpc) is 2.84. The second-order valence-electron chi connectivity index (χ2n) is 5.67. The first-order chi connectivity index (χ1) is 9.36. The molecule has 2 aliphatic rings. The molecule has 1 aromatic carbocycles. The van der Waals surface area contributed by atoms with Gasteiger partial charge in [-0.2, -0.15) is 0 Å². The summed E-state index contributed by atoms with van der Waals surface area (Å²) in [7, 11) is 0. The minimum absolute atomic E-state index is 0.127. The van der Waals surface area contributed by atoms with Gasteiger partial charge in [0.1, 0.15) is 6.61 Å². The highest BCUT2D eigenvalue weighted by Crippen LogP contribution is 2.34. The van der Waals surface area contributed by atoms with E-state index in [-0.39, 0.29) is 5.54 Å². The predicted molar refractivity (Wildman–Crippen MR) is 77.4 cm³/mol. The minimum Gasteiger partial charge on any atom is -0.477 e. The second-order valence-corrected chi connectivity index (χ2v) is 5.67. The molecule has 1 aliphatic heterocycles. The summed E-state index contributed by atoms with van der Waals surface area (Å²) in [6.45, 7) is 2.42. The molecule has 0 saturated heterocycles. The highest BCUT2D eigenvalue weighted by molar-refractivity contribution is 5.80. The molecule has 0 radical (unpaired) electrons. The van der Waals surface area contributed by atoms with Crippen LogP contribution in [0.3, 0.4) is 0 Å². The monoisotopic (exact) mass is 258 g/mol. The van der Waals surface area contributed by atoms with E-state index in [0.29, 0.717) is 0 Å². The van der Waals surface area contributed by atoms with Crippen LogP contribution in [-0.4, -0.2) is 24.6 Å². The average molecular weight is 258 g/mol. The van der Waals surface area contributed by atoms with Crippen molar-refractivity contribution in [3.05, 3.63) is 35.9 Å². The Kier molecular flexibility index (Phi) is 3.83. The molecule has 0 aromatic heterocycles. The highest BCUT2D eigenvalue weighted by atomic mass is 16.5. The van der Waals surface area contributed by atoms with E-state index in [9.17, 15) is 0 Å². The lowest BCUT2D eigenvalue weighted by Crippen LogP contribution is -2.30. The molecule has 3 nitrogen and oxygen atoms in total. The molecule has 0 atom stereocenters. The maximum absolute atomic E-state index is 5.77. The Morgan fingerprint density at radius 1 is 1.05 bits per heavy atom. The first-order valence-corrected chi connectivity index (χ1v) is 7.33. The van der Waals surface area contributed by atoms with Gasteiger partial charge in [-0.05, 0) is 18.4 Å². The molecule has 19 heavy (non-hydrogen) atoms. The van der Waals surface area contributed by atoms with Crippen LogP contribution in [0.1, 0.15) is 37.7 Å². The van der Waals surface area contributed by atoms with Crippen molar-refractivity contribution in [2.75, 3.05) is 13.2 Å². The number of nitrogens with one attached hydrogen (secondary N) is 1. The van der Waals surface area contributed by atoms with Crippen molar-refractivity contribution in [2.24, 2.45) is 4.99 Å². The fourth-order valence-electron chi connectivity index (χ4n) is 3.01. The van der Waals surface area contributed by atoms with Gasteiger partial charge in [-0.15, -0.1) is 0 Å². The fraction of sp³-hybridized carbons (Fsp3) is 0.562. The summed E-state index contributed by atoms with van der Waals surface area (Å²) in [5.41, 5.74) is 1.43. The van der Waals surface area contributed by atoms with Crippen LogP contribution in [0.4, 0.5) is 0 Å². The van der Waals surface area contributed by atoms with Crippen molar-refractivity contribution >= 4 is 5.90 Å². The zero-order valence-corrected chi connectivity index (χ0v) is 11.4. The van der Waals surface area contributed by atoms with Crippen LogP contribution in [0.5, 0.6) is 0 Å². The Morgan fingerprint density at radius 2 is 1.84 bits per heavy atom. The van der Waals surface area contributed by atoms with E-state index in [0.717, 1.165) is 25.6 Å². The van der Waals surface area contributed by atoms with E-state index in [2.05, 4.69) is 29.6 Å². The van der Waals surface area contributed by atoms with E-state index in [1.165, 1.54) is 37.7 Å². The normalized spacial score (nSPS) is 21.2. The van der Waals surface area contributed by atoms with Crippen LogP contribution in [0.2, 0.25) is 0 Å². The third-order valence-corrected chi connectivity index (χ3v) is 4.10. The molecule has 0 bridgehead atoms. The summed E-state index contributed by atoms with van der Waals surface area (Å²) in [5, 5.41) is 3.41. The lowest BCUT2D eigenvalue weighted by molar-refractivity contribution is 0.205. The summed E-state index contributed by atoms with van der Waals surface area (Å²) in [4.78, 5) is 4.84. The number of rotatable bonds is 4. The maximum Gasteiger partial charge on any atom is 0.198 e. The number of ether oxygens (including phenoxy) is 1. The van der Waals surface area contributed by atoms with Gasteiger partial charge in [0.05, 0.1) is 12.1 Å². The number of hydrogen-bond donors (Lipinski definition) is 1. The number of benzene rings is 1. The zero-order chi connectivity index (χ0) is 13.0. The van der Waals surface area contributed by atoms with Gasteiger partial charge in [-0.25, -0.2) is 4.99 Å². The van der Waals surface area contributed by atoms with E-state index in [1.54, 1.807) is 0 Å². The molecule has 1 N–H and O–H groups in total. The minimum atomic E-state index is 0.127. The summed E-state index contributed by atoms with van der Waals surface area (Å²) < 4.78 is 5.77. The molecule has 1 saturated carbocycles. The second kappa shape index (κ2) is 5.74. The van der Waals surface area contributed by atoms with Crippen LogP contribution in [0.25, 0.3) is 0 Å². The summed E-state index contributed by atoms with van der Waals surface area (Å²) in [6, 6.07) is 10.4. The van der Waals surface area contributed by atoms with E-state index < -0.39 is 0 Å². The van der Waals surface area contributed by atoms with Gasteiger partial charge in [0.15, 0.2) is 5.90 Å². The van der Waals surface area contributed by atoms with Crippen LogP contribution < -0.4 is 5.32 Å². The van der Waals surface area contributed by atoms with Crippen molar-refractivity contribution in [3.63, 3.8) is 0 Å². The molecule has 0 unspecified atom stereocenters. The molecule has 1 aliphatic carbocycles. The SMILES string of the molecule is c1ccc(CNCC2=NC3(CCCCC3)CO2)cc1. The molecule has 1 fully saturated rings. The van der Waals surface area contributed by atoms with Gasteiger partial charge in [0, 0.05) is 6.54 Å². The smallest absolute Gasteiger partial charge is 0.198 e. The van der Waals surface area contributed by atoms with Crippen molar-refractivity contribution in [1.29, 1.82) is 0 Å². The summed E-state index contributed by atoms with van der Waals surface area (Å²) >= 11 is 0. The molecule has 3 rings (SSSR count). The molecule has 3 heteroatoms. The van der Waals surface area contributed by atoms with Crippen molar-refractivity contribution in [1.82, 2.24) is 5.32 Å². The number of nitrogens with zero attached hydrogens (tertiary/aromatic N) is 1. The van der Waals surface area contributed by atoms with E-state index >= 15 is 0 Å². The first kappa shape index (κ1) is 12.7. The quantitative estimate of drug-likeness (QED) is 0.901. The third kappa shape index (κ3) is 3.16. The van der Waals surface area contributed by atoms with Gasteiger partial charge < -0.3 is 10.1 Å². The van der Waals surface area contributed by atoms with E-state index in [1.807, 2.05) is 6.07 Å². The molecule has 102 valence electrons. The maximum atomic E-state index is 5.77. The standard InChI is InChI=1S/C16H22N2O/c1-3-7-14(8-4-1)11-17-12-15-18-16(13-19-15)9-5-2-6-10-16/h1,3-4,7-8,17H,2,5-6,9-13H2. The van der Waals surface area contributed by atoms with Crippen LogP contribution in [0, 0.1) is 0 Å². The van der Waals surface area contributed by atoms with Gasteiger partial charge in [-0.1, -0.05) is 49.6 Å². The Balaban J connectivity index is 1.49. The number of hydrogen-bond acceptors (Lipinski definition) is 3. The van der Waals surface area contributed by atoms with Crippen molar-refractivity contribution in [2.45, 2.75) is 44.2 Å². The molecule has 1 spiro atoms. The first-order valence-electron chi connectivity index (χ1n) is 7.33. The van der Waals surface area contributed by atoms with Gasteiger partial charge >= 0.3 is 0 Å². The summed E-state index contributed by atoms with van der Waals surface area (Å²) in [5.74, 6) is 0.901. The Bertz CT molecular complexity index is 435. The van der Waals surface area contributed by atoms with Crippen molar-refractivity contribution in [3.8, 4) is 0 Å². The molecular weight excluding hydrogens is 236 g/mol. The Morgan fingerprint density at radius 3 is 2.63 bits per heavy atom. The largest absolute Gasteiger partial charge is 0.477 e. The van der Waals surface area contributed by atoms with Crippen LogP contribution in [-0.2, 0) is 11.3 Å². The predicted octanol–water partition coefficient (Wildman–Crippen LogP) is 2.91. The van der Waals surface area contributed by atoms with Crippen LogP contribution in [0.15, 0.2) is 35.3 Å². The molecule has 1 heterocycles. The summed E-state index contributed by atoms with van der Waals surface area (Å²) in [6.07, 6.45) is 6.37. The zero-order valence-electron chi connectivity index (χ0n) is 11.4. The molecule has 1 aromatic rings. The Hall–Kier alpha value is -1.35. The van der Waals surface area contributed by atoms with Crippen LogP contribution >= 0.6 is 0 Å². The molecular formula is C16H22N2O. The highest BCUT2D eigenvalue weighted by Gasteiger charge is 2.37. The van der Waals surface area contributed by atoms with E-state index in [4.69, 9.17) is 9.73 Å². The van der Waals surface area contributed by atoms with Crippen molar-refractivity contribution < 1.29 is 4.74 Å². The lowest BCUT2D eigenvalue weighted by atomic mass is 9.83. The van der Waals surface area contributed by atoms with Gasteiger partial charge in [0.2, 0.25) is 0 Å². The van der Waals surface area contributed by atoms with Gasteiger partial charge in [0.25, 0.3) is 0 Å². The number of aliphatic imine (C=N–C) groups is 1. The molecule has 0 amide bonds. The topological polar surface area (TPSA) is 33.6 Å². The van der Waals surface area contributed by atoms with Gasteiger partial charge in [-0.3, -0.25) is 0 Å². The third-order valence-electron chi connectivity index (χ3n) is 4.10. The fourth-order valence-corrected chi connectivity index (χ4v) is 3.01.